The average molecular weight is 355 g/mol. The number of rotatable bonds is 2. The van der Waals surface area contributed by atoms with Crippen molar-refractivity contribution in [3.8, 4) is 0 Å². The number of primary amides is 1. The van der Waals surface area contributed by atoms with Gasteiger partial charge in [0.05, 0.1) is 18.8 Å². The Morgan fingerprint density at radius 3 is 2.17 bits per heavy atom. The lowest BCUT2D eigenvalue weighted by molar-refractivity contribution is -0.174. The number of halogens is 4. The molecule has 1 fully saturated rings. The summed E-state index contributed by atoms with van der Waals surface area (Å²) in [6.07, 6.45) is -2.01. The molecule has 0 spiro atoms. The van der Waals surface area contributed by atoms with Crippen molar-refractivity contribution in [1.29, 1.82) is 0 Å². The first-order valence-corrected chi connectivity index (χ1v) is 6.85. The van der Waals surface area contributed by atoms with Gasteiger partial charge in [-0.3, -0.25) is 4.79 Å². The zero-order valence-electron chi connectivity index (χ0n) is 12.5. The molecule has 0 radical (unpaired) electrons. The minimum absolute atomic E-state index is 0.00287. The van der Waals surface area contributed by atoms with E-state index in [0.717, 1.165) is 0 Å². The average Bonchev–Trinajstić information content (AvgIpc) is 2.49. The second kappa shape index (κ2) is 8.38. The van der Waals surface area contributed by atoms with E-state index in [2.05, 4.69) is 5.73 Å². The molecule has 1 aliphatic heterocycles. The molecule has 24 heavy (non-hydrogen) atoms. The molecule has 1 aromatic rings. The smallest absolute Gasteiger partial charge is 0.254 e. The molecule has 1 amide bonds. The van der Waals surface area contributed by atoms with Crippen molar-refractivity contribution in [1.82, 2.24) is 0 Å². The number of hydrogen-bond donors (Lipinski definition) is 4. The Bertz CT molecular complexity index is 575. The largest absolute Gasteiger partial charge is 0.394 e. The van der Waals surface area contributed by atoms with Gasteiger partial charge in [-0.2, -0.15) is 0 Å². The van der Waals surface area contributed by atoms with Crippen molar-refractivity contribution in [2.75, 3.05) is 6.61 Å². The SMILES string of the molecule is C[C@@H]1C[C@@H](O)C(O)C(CO)O1.NC(=O)c1c(F)c(F)cc(F)c1F. The van der Waals surface area contributed by atoms with Gasteiger partial charge in [0.2, 0.25) is 0 Å². The fraction of sp³-hybridized carbons (Fsp3) is 0.500. The molecular weight excluding hydrogens is 338 g/mol. The number of carbonyl (C=O) groups is 1. The monoisotopic (exact) mass is 355 g/mol. The summed E-state index contributed by atoms with van der Waals surface area (Å²) in [4.78, 5) is 10.4. The minimum Gasteiger partial charge on any atom is -0.394 e. The first-order valence-electron chi connectivity index (χ1n) is 6.85. The van der Waals surface area contributed by atoms with E-state index in [-0.39, 0.29) is 18.8 Å². The Morgan fingerprint density at radius 1 is 1.25 bits per heavy atom. The Hall–Kier alpha value is -1.75. The molecule has 6 nitrogen and oxygen atoms in total. The van der Waals surface area contributed by atoms with Gasteiger partial charge in [0, 0.05) is 12.5 Å². The quantitative estimate of drug-likeness (QED) is 0.448. The van der Waals surface area contributed by atoms with Gasteiger partial charge in [-0.15, -0.1) is 0 Å². The summed E-state index contributed by atoms with van der Waals surface area (Å²) in [5, 5.41) is 27.1. The molecule has 0 bridgehead atoms. The first-order chi connectivity index (χ1) is 11.1. The lowest BCUT2D eigenvalue weighted by atomic mass is 9.99. The van der Waals surface area contributed by atoms with Crippen LogP contribution in [0.1, 0.15) is 23.7 Å². The molecule has 1 aliphatic rings. The number of ether oxygens (including phenoxy) is 1. The lowest BCUT2D eigenvalue weighted by Crippen LogP contribution is -2.49. The molecule has 0 saturated carbocycles. The molecule has 0 aliphatic carbocycles. The van der Waals surface area contributed by atoms with Crippen molar-refractivity contribution >= 4 is 5.91 Å². The predicted molar refractivity (Wildman–Crippen MR) is 72.8 cm³/mol. The summed E-state index contributed by atoms with van der Waals surface area (Å²) in [6.45, 7) is 1.56. The van der Waals surface area contributed by atoms with Gasteiger partial charge >= 0.3 is 0 Å². The van der Waals surface area contributed by atoms with Crippen molar-refractivity contribution in [2.45, 2.75) is 37.8 Å². The fourth-order valence-electron chi connectivity index (χ4n) is 2.10. The van der Waals surface area contributed by atoms with E-state index in [4.69, 9.17) is 9.84 Å². The molecule has 1 saturated heterocycles. The zero-order valence-corrected chi connectivity index (χ0v) is 12.5. The number of hydrogen-bond acceptors (Lipinski definition) is 5. The number of amides is 1. The minimum atomic E-state index is -1.79. The van der Waals surface area contributed by atoms with Gasteiger partial charge in [0.1, 0.15) is 17.8 Å². The highest BCUT2D eigenvalue weighted by molar-refractivity contribution is 5.93. The van der Waals surface area contributed by atoms with Crippen LogP contribution in [-0.2, 0) is 4.74 Å². The molecule has 0 aromatic heterocycles. The van der Waals surface area contributed by atoms with Crippen molar-refractivity contribution in [2.24, 2.45) is 5.73 Å². The normalized spacial score (nSPS) is 26.5. The van der Waals surface area contributed by atoms with E-state index >= 15 is 0 Å². The molecule has 5 N–H and O–H groups in total. The highest BCUT2D eigenvalue weighted by Crippen LogP contribution is 2.19. The summed E-state index contributed by atoms with van der Waals surface area (Å²) in [7, 11) is 0. The highest BCUT2D eigenvalue weighted by atomic mass is 19.2. The first kappa shape index (κ1) is 20.3. The maximum atomic E-state index is 12.6. The zero-order chi connectivity index (χ0) is 18.6. The second-order valence-corrected chi connectivity index (χ2v) is 5.17. The molecular formula is C14H17F4NO5. The van der Waals surface area contributed by atoms with E-state index in [1.54, 1.807) is 6.92 Å². The van der Waals surface area contributed by atoms with Crippen LogP contribution in [-0.4, -0.2) is 52.2 Å². The van der Waals surface area contributed by atoms with Crippen molar-refractivity contribution in [3.63, 3.8) is 0 Å². The van der Waals surface area contributed by atoms with Crippen LogP contribution in [0.5, 0.6) is 0 Å². The van der Waals surface area contributed by atoms with Crippen molar-refractivity contribution < 1.29 is 42.4 Å². The fourth-order valence-corrected chi connectivity index (χ4v) is 2.10. The van der Waals surface area contributed by atoms with Crippen LogP contribution in [0.3, 0.4) is 0 Å². The number of benzene rings is 1. The standard InChI is InChI=1S/C7H3F4NO.C7H14O4/c8-2-1-3(9)6(11)4(5(2)10)7(12)13;1-4-2-5(9)7(10)6(3-8)11-4/h1H,(H2,12,13);4-10H,2-3H2,1H3/t;4-,5-,6?,7?/m.1/s1. The van der Waals surface area contributed by atoms with Gasteiger partial charge in [0.15, 0.2) is 23.3 Å². The Morgan fingerprint density at radius 2 is 1.75 bits per heavy atom. The topological polar surface area (TPSA) is 113 Å². The van der Waals surface area contributed by atoms with Crippen LogP contribution in [0.2, 0.25) is 0 Å². The molecule has 1 aromatic carbocycles. The van der Waals surface area contributed by atoms with Gasteiger partial charge in [-0.1, -0.05) is 0 Å². The third-order valence-corrected chi connectivity index (χ3v) is 3.29. The van der Waals surface area contributed by atoms with E-state index in [0.29, 0.717) is 6.42 Å². The van der Waals surface area contributed by atoms with Crippen LogP contribution < -0.4 is 5.73 Å². The second-order valence-electron chi connectivity index (χ2n) is 5.17. The Balaban J connectivity index is 0.000000243. The summed E-state index contributed by atoms with van der Waals surface area (Å²) >= 11 is 0. The molecule has 10 heteroatoms. The lowest BCUT2D eigenvalue weighted by Gasteiger charge is -2.34. The molecule has 1 heterocycles. The third-order valence-electron chi connectivity index (χ3n) is 3.29. The van der Waals surface area contributed by atoms with Crippen LogP contribution in [0, 0.1) is 23.3 Å². The molecule has 2 unspecified atom stereocenters. The van der Waals surface area contributed by atoms with Gasteiger partial charge < -0.3 is 25.8 Å². The number of aliphatic hydroxyl groups excluding tert-OH is 3. The van der Waals surface area contributed by atoms with Gasteiger partial charge in [-0.05, 0) is 6.92 Å². The van der Waals surface area contributed by atoms with Gasteiger partial charge in [0.25, 0.3) is 5.91 Å². The van der Waals surface area contributed by atoms with Crippen LogP contribution >= 0.6 is 0 Å². The maximum Gasteiger partial charge on any atom is 0.254 e. The molecule has 2 rings (SSSR count). The summed E-state index contributed by atoms with van der Waals surface area (Å²) < 4.78 is 55.2. The van der Waals surface area contributed by atoms with Crippen LogP contribution in [0.4, 0.5) is 17.6 Å². The Labute approximate surface area is 134 Å². The number of nitrogens with two attached hydrogens (primary N) is 1. The summed E-state index contributed by atoms with van der Waals surface area (Å²) in [6, 6.07) is -0.00287. The third kappa shape index (κ3) is 4.63. The Kier molecular flexibility index (Phi) is 7.08. The van der Waals surface area contributed by atoms with E-state index in [9.17, 15) is 32.6 Å². The number of aliphatic hydroxyl groups is 3. The van der Waals surface area contributed by atoms with Crippen LogP contribution in [0.15, 0.2) is 6.07 Å². The van der Waals surface area contributed by atoms with Crippen molar-refractivity contribution in [3.05, 3.63) is 34.9 Å². The maximum absolute atomic E-state index is 12.6. The molecule has 136 valence electrons. The summed E-state index contributed by atoms with van der Waals surface area (Å²) in [5.74, 6) is -8.45. The van der Waals surface area contributed by atoms with E-state index in [1.165, 1.54) is 0 Å². The summed E-state index contributed by atoms with van der Waals surface area (Å²) in [5.41, 5.74) is 3.10. The van der Waals surface area contributed by atoms with E-state index in [1.807, 2.05) is 0 Å². The van der Waals surface area contributed by atoms with Gasteiger partial charge in [-0.25, -0.2) is 17.6 Å². The molecule has 4 atom stereocenters. The predicted octanol–water partition coefficient (Wildman–Crippen LogP) is 0.220. The van der Waals surface area contributed by atoms with Crippen LogP contribution in [0.25, 0.3) is 0 Å². The number of carbonyl (C=O) groups excluding carboxylic acids is 1. The highest BCUT2D eigenvalue weighted by Gasteiger charge is 2.34. The van der Waals surface area contributed by atoms with E-state index < -0.39 is 53.1 Å².